The normalized spacial score (nSPS) is 11.8. The molecule has 0 saturated heterocycles. The zero-order valence-electron chi connectivity index (χ0n) is 23.5. The summed E-state index contributed by atoms with van der Waals surface area (Å²) >= 11 is 0. The number of nitrogens with zero attached hydrogens (tertiary/aromatic N) is 7. The van der Waals surface area contributed by atoms with E-state index >= 15 is 0 Å². The summed E-state index contributed by atoms with van der Waals surface area (Å²) in [6.07, 6.45) is 1.67. The number of rotatable bonds is 6. The third-order valence-corrected chi connectivity index (χ3v) is 7.44. The van der Waals surface area contributed by atoms with Gasteiger partial charge in [-0.05, 0) is 61.3 Å². The zero-order chi connectivity index (χ0) is 29.5. The number of fused-ring (bicyclic) bond motifs is 2. The van der Waals surface area contributed by atoms with Crippen molar-refractivity contribution in [2.75, 3.05) is 12.8 Å². The minimum Gasteiger partial charge on any atom is -0.383 e. The molecule has 0 bridgehead atoms. The Morgan fingerprint density at radius 3 is 2.55 bits per heavy atom. The van der Waals surface area contributed by atoms with Crippen molar-refractivity contribution in [1.82, 2.24) is 24.3 Å². The lowest BCUT2D eigenvalue weighted by molar-refractivity contribution is 0.661. The van der Waals surface area contributed by atoms with Crippen LogP contribution < -0.4 is 17.0 Å². The molecule has 6 aromatic rings. The number of pyridine rings is 1. The van der Waals surface area contributed by atoms with Gasteiger partial charge in [0.1, 0.15) is 11.5 Å². The van der Waals surface area contributed by atoms with Crippen LogP contribution in [0.2, 0.25) is 0 Å². The fourth-order valence-corrected chi connectivity index (χ4v) is 5.41. The van der Waals surface area contributed by atoms with Crippen LogP contribution in [0, 0.1) is 13.8 Å². The summed E-state index contributed by atoms with van der Waals surface area (Å²) in [5.74, 6) is 0.901. The average Bonchev–Trinajstić information content (AvgIpc) is 3.35. The van der Waals surface area contributed by atoms with E-state index in [9.17, 15) is 4.79 Å². The molecule has 0 fully saturated rings. The minimum atomic E-state index is -0.0981. The molecule has 3 aromatic heterocycles. The van der Waals surface area contributed by atoms with E-state index in [1.807, 2.05) is 80.6 Å². The highest BCUT2D eigenvalue weighted by Crippen LogP contribution is 2.33. The smallest absolute Gasteiger partial charge is 0.263 e. The number of nitrogen functional groups attached to an aromatic ring is 1. The molecule has 0 unspecified atom stereocenters. The Labute approximate surface area is 241 Å². The van der Waals surface area contributed by atoms with E-state index < -0.39 is 0 Å². The maximum atomic E-state index is 14.1. The van der Waals surface area contributed by atoms with Crippen LogP contribution in [0.25, 0.3) is 38.6 Å². The third kappa shape index (κ3) is 4.39. The first-order valence-electron chi connectivity index (χ1n) is 13.3. The molecule has 42 heavy (non-hydrogen) atoms. The predicted molar refractivity (Wildman–Crippen MR) is 169 cm³/mol. The first-order valence-corrected chi connectivity index (χ1v) is 13.3. The number of aliphatic imine (C=N–C) groups is 2. The number of para-hydroxylation sites is 1. The van der Waals surface area contributed by atoms with Crippen LogP contribution in [0.1, 0.15) is 22.4 Å². The maximum Gasteiger partial charge on any atom is 0.263 e. The summed E-state index contributed by atoms with van der Waals surface area (Å²) < 4.78 is 3.47. The Morgan fingerprint density at radius 1 is 1.00 bits per heavy atom. The second-order valence-electron chi connectivity index (χ2n) is 10.1. The number of benzene rings is 3. The molecule has 0 aliphatic rings. The highest BCUT2D eigenvalue weighted by Gasteiger charge is 2.23. The molecule has 0 amide bonds. The molecule has 0 aliphatic heterocycles. The van der Waals surface area contributed by atoms with E-state index in [4.69, 9.17) is 16.6 Å². The van der Waals surface area contributed by atoms with E-state index in [0.29, 0.717) is 28.0 Å². The SMILES string of the molecule is C=Nc1c(C(N)=NC)c(-c2ccc3nc(N)ncc3c2)nn1Cc1cc2cccc(C)c2c(=O)n1-c1ccccc1C. The summed E-state index contributed by atoms with van der Waals surface area (Å²) in [7, 11) is 1.61. The minimum absolute atomic E-state index is 0.0981. The van der Waals surface area contributed by atoms with Gasteiger partial charge in [0, 0.05) is 29.9 Å². The van der Waals surface area contributed by atoms with E-state index in [0.717, 1.165) is 38.8 Å². The van der Waals surface area contributed by atoms with Crippen molar-refractivity contribution in [3.8, 4) is 16.9 Å². The quantitative estimate of drug-likeness (QED) is 0.225. The Hall–Kier alpha value is -5.64. The first kappa shape index (κ1) is 26.6. The predicted octanol–water partition coefficient (Wildman–Crippen LogP) is 4.71. The van der Waals surface area contributed by atoms with Gasteiger partial charge in [-0.1, -0.05) is 42.5 Å². The highest BCUT2D eigenvalue weighted by molar-refractivity contribution is 6.07. The number of aryl methyl sites for hydroxylation is 2. The van der Waals surface area contributed by atoms with Crippen molar-refractivity contribution in [2.45, 2.75) is 20.4 Å². The van der Waals surface area contributed by atoms with E-state index in [-0.39, 0.29) is 23.9 Å². The molecule has 10 nitrogen and oxygen atoms in total. The van der Waals surface area contributed by atoms with Crippen molar-refractivity contribution in [1.29, 1.82) is 0 Å². The van der Waals surface area contributed by atoms with Crippen LogP contribution in [0.4, 0.5) is 11.8 Å². The molecule has 0 spiro atoms. The summed E-state index contributed by atoms with van der Waals surface area (Å²) in [6, 6.07) is 21.4. The molecule has 3 heterocycles. The van der Waals surface area contributed by atoms with Gasteiger partial charge in [0.2, 0.25) is 5.95 Å². The summed E-state index contributed by atoms with van der Waals surface area (Å²) in [4.78, 5) is 31.1. The van der Waals surface area contributed by atoms with Gasteiger partial charge in [-0.3, -0.25) is 14.4 Å². The Morgan fingerprint density at radius 2 is 1.79 bits per heavy atom. The highest BCUT2D eigenvalue weighted by atomic mass is 16.1. The van der Waals surface area contributed by atoms with Gasteiger partial charge < -0.3 is 11.5 Å². The lowest BCUT2D eigenvalue weighted by atomic mass is 10.0. The topological polar surface area (TPSA) is 142 Å². The number of nitrogens with two attached hydrogens (primary N) is 2. The van der Waals surface area contributed by atoms with Crippen LogP contribution >= 0.6 is 0 Å². The molecule has 208 valence electrons. The van der Waals surface area contributed by atoms with Crippen molar-refractivity contribution in [3.05, 3.63) is 106 Å². The van der Waals surface area contributed by atoms with E-state index in [2.05, 4.69) is 26.7 Å². The Kier molecular flexibility index (Phi) is 6.58. The van der Waals surface area contributed by atoms with Crippen LogP contribution in [0.15, 0.2) is 87.7 Å². The van der Waals surface area contributed by atoms with Crippen LogP contribution in [-0.2, 0) is 6.54 Å². The molecule has 6 rings (SSSR count). The number of amidine groups is 1. The van der Waals surface area contributed by atoms with Crippen LogP contribution in [-0.4, -0.2) is 43.9 Å². The monoisotopic (exact) mass is 555 g/mol. The van der Waals surface area contributed by atoms with E-state index in [1.54, 1.807) is 22.5 Å². The fraction of sp³-hybridized carbons (Fsp3) is 0.125. The van der Waals surface area contributed by atoms with Gasteiger partial charge in [0.05, 0.1) is 28.7 Å². The Balaban J connectivity index is 1.60. The summed E-state index contributed by atoms with van der Waals surface area (Å²) in [6.45, 7) is 7.99. The lowest BCUT2D eigenvalue weighted by Crippen LogP contribution is -2.25. The number of hydrogen-bond acceptors (Lipinski definition) is 7. The third-order valence-electron chi connectivity index (χ3n) is 7.44. The molecule has 0 atom stereocenters. The maximum absolute atomic E-state index is 14.1. The van der Waals surface area contributed by atoms with Gasteiger partial charge in [-0.25, -0.2) is 19.6 Å². The van der Waals surface area contributed by atoms with Gasteiger partial charge in [0.15, 0.2) is 5.82 Å². The van der Waals surface area contributed by atoms with Crippen molar-refractivity contribution < 1.29 is 0 Å². The van der Waals surface area contributed by atoms with Gasteiger partial charge in [-0.15, -0.1) is 0 Å². The van der Waals surface area contributed by atoms with Crippen LogP contribution in [0.3, 0.4) is 0 Å². The zero-order valence-corrected chi connectivity index (χ0v) is 23.5. The molecular weight excluding hydrogens is 526 g/mol. The average molecular weight is 556 g/mol. The fourth-order valence-electron chi connectivity index (χ4n) is 5.41. The first-order chi connectivity index (χ1) is 20.3. The number of hydrogen-bond donors (Lipinski definition) is 2. The van der Waals surface area contributed by atoms with Gasteiger partial charge >= 0.3 is 0 Å². The van der Waals surface area contributed by atoms with Crippen molar-refractivity contribution >= 4 is 46.0 Å². The number of anilines is 1. The molecule has 3 aromatic carbocycles. The lowest BCUT2D eigenvalue weighted by Gasteiger charge is -2.18. The van der Waals surface area contributed by atoms with Crippen LogP contribution in [0.5, 0.6) is 0 Å². The molecule has 0 saturated carbocycles. The van der Waals surface area contributed by atoms with Gasteiger partial charge in [0.25, 0.3) is 5.56 Å². The number of aromatic nitrogens is 5. The molecule has 0 aliphatic carbocycles. The molecule has 0 radical (unpaired) electrons. The van der Waals surface area contributed by atoms with E-state index in [1.165, 1.54) is 0 Å². The molecular formula is C32H29N9O. The second kappa shape index (κ2) is 10.4. The summed E-state index contributed by atoms with van der Waals surface area (Å²) in [5, 5.41) is 7.28. The Bertz CT molecular complexity index is 2120. The van der Waals surface area contributed by atoms with Crippen molar-refractivity contribution in [3.63, 3.8) is 0 Å². The second-order valence-corrected chi connectivity index (χ2v) is 10.1. The van der Waals surface area contributed by atoms with Gasteiger partial charge in [-0.2, -0.15) is 5.10 Å². The van der Waals surface area contributed by atoms with Crippen molar-refractivity contribution in [2.24, 2.45) is 15.7 Å². The standard InChI is InChI=1S/C32H29N9O/c1-18-8-5-6-11-25(18)41-23(15-20-10-7-9-19(2)26(20)31(41)42)17-40-30(36-4)27(29(33)35-3)28(39-40)21-12-13-24-22(14-21)16-37-32(34)38-24/h5-16H,4,17H2,1-3H3,(H2,33,35)(H2,34,37,38). The molecule has 4 N–H and O–H groups in total. The largest absolute Gasteiger partial charge is 0.383 e. The summed E-state index contributed by atoms with van der Waals surface area (Å²) in [5.41, 5.74) is 18.1. The molecule has 10 heteroatoms.